The van der Waals surface area contributed by atoms with Gasteiger partial charge in [-0.25, -0.2) is 4.79 Å². The van der Waals surface area contributed by atoms with Gasteiger partial charge in [0.25, 0.3) is 0 Å². The Morgan fingerprint density at radius 3 is 2.18 bits per heavy atom. The molecule has 2 N–H and O–H groups in total. The molecule has 5 rings (SSSR count). The zero-order chi connectivity index (χ0) is 26.6. The number of rotatable bonds is 7. The minimum Gasteiger partial charge on any atom is -0.490 e. The Morgan fingerprint density at radius 2 is 1.55 bits per heavy atom. The van der Waals surface area contributed by atoms with E-state index in [0.29, 0.717) is 37.3 Å². The molecule has 3 aliphatic rings. The van der Waals surface area contributed by atoms with Crippen molar-refractivity contribution in [3.05, 3.63) is 46.2 Å². The van der Waals surface area contributed by atoms with Gasteiger partial charge in [-0.3, -0.25) is 4.79 Å². The normalized spacial score (nSPS) is 29.9. The van der Waals surface area contributed by atoms with Crippen LogP contribution in [0, 0.1) is 11.8 Å². The second-order valence-corrected chi connectivity index (χ2v) is 12.8. The zero-order valence-electron chi connectivity index (χ0n) is 22.4. The molecule has 0 atom stereocenters. The Labute approximate surface area is 230 Å². The molecule has 0 spiro atoms. The number of benzene rings is 1. The number of hydrogen-bond acceptors (Lipinski definition) is 5. The van der Waals surface area contributed by atoms with Gasteiger partial charge in [0.05, 0.1) is 17.9 Å². The average molecular weight is 540 g/mol. The second kappa shape index (κ2) is 12.2. The molecule has 1 heterocycles. The summed E-state index contributed by atoms with van der Waals surface area (Å²) in [5.41, 5.74) is 0.588. The summed E-state index contributed by atoms with van der Waals surface area (Å²) in [6.07, 6.45) is 10.2. The first-order chi connectivity index (χ1) is 18.4. The highest BCUT2D eigenvalue weighted by molar-refractivity contribution is 7.14. The zero-order valence-corrected chi connectivity index (χ0v) is 23.2. The van der Waals surface area contributed by atoms with E-state index in [1.807, 2.05) is 41.3 Å². The molecule has 0 bridgehead atoms. The summed E-state index contributed by atoms with van der Waals surface area (Å²) in [5.74, 6) is 0.900. The van der Waals surface area contributed by atoms with Crippen LogP contribution in [0.3, 0.4) is 0 Å². The third-order valence-electron chi connectivity index (χ3n) is 8.94. The number of aromatic carboxylic acids is 1. The molecule has 7 heteroatoms. The Hall–Kier alpha value is -2.38. The van der Waals surface area contributed by atoms with E-state index in [1.54, 1.807) is 0 Å². The van der Waals surface area contributed by atoms with Crippen LogP contribution in [0.1, 0.15) is 104 Å². The minimum absolute atomic E-state index is 0.0476. The summed E-state index contributed by atoms with van der Waals surface area (Å²) >= 11 is 1.35. The fraction of sp³-hybridized carbons (Fsp3) is 0.613. The van der Waals surface area contributed by atoms with Gasteiger partial charge in [-0.05, 0) is 107 Å². The Kier molecular flexibility index (Phi) is 8.74. The molecule has 1 amide bonds. The highest BCUT2D eigenvalue weighted by Gasteiger charge is 2.38. The first-order valence-corrected chi connectivity index (χ1v) is 15.3. The topological polar surface area (TPSA) is 87.1 Å². The van der Waals surface area contributed by atoms with Crippen LogP contribution in [-0.2, 0) is 4.79 Å². The number of carbonyl (C=O) groups excluding carboxylic acids is 1. The number of carboxylic acids is 1. The van der Waals surface area contributed by atoms with Gasteiger partial charge in [0.2, 0.25) is 5.91 Å². The number of amides is 1. The lowest BCUT2D eigenvalue weighted by molar-refractivity contribution is -0.124. The molecule has 0 unspecified atom stereocenters. The van der Waals surface area contributed by atoms with Crippen molar-refractivity contribution < 1.29 is 24.5 Å². The fourth-order valence-electron chi connectivity index (χ4n) is 6.61. The smallest absolute Gasteiger partial charge is 0.348 e. The van der Waals surface area contributed by atoms with Crippen molar-refractivity contribution in [3.8, 4) is 5.75 Å². The lowest BCUT2D eigenvalue weighted by atomic mass is 9.81. The van der Waals surface area contributed by atoms with Gasteiger partial charge in [0.15, 0.2) is 0 Å². The SMILES string of the molecule is C[C@H]1CC[C@H](C(=O)N(c2cc(C3CCC(Oc4ccccc4)CC3)sc2C(=O)O)[C@H]2CC[C@H](O)CC2)CC1. The van der Waals surface area contributed by atoms with Gasteiger partial charge in [-0.2, -0.15) is 0 Å². The number of thiophene rings is 1. The largest absolute Gasteiger partial charge is 0.490 e. The Balaban J connectivity index is 1.36. The quantitative estimate of drug-likeness (QED) is 0.395. The van der Waals surface area contributed by atoms with Gasteiger partial charge < -0.3 is 19.8 Å². The van der Waals surface area contributed by atoms with E-state index in [0.717, 1.165) is 62.0 Å². The van der Waals surface area contributed by atoms with Crippen LogP contribution in [0.15, 0.2) is 36.4 Å². The Morgan fingerprint density at radius 1 is 0.895 bits per heavy atom. The van der Waals surface area contributed by atoms with Crippen molar-refractivity contribution in [1.29, 1.82) is 0 Å². The average Bonchev–Trinajstić information content (AvgIpc) is 3.37. The molecular weight excluding hydrogens is 498 g/mol. The Bertz CT molecular complexity index is 1080. The molecule has 0 radical (unpaired) electrons. The molecule has 1 aromatic heterocycles. The summed E-state index contributed by atoms with van der Waals surface area (Å²) in [5, 5.41) is 20.3. The van der Waals surface area contributed by atoms with Gasteiger partial charge in [-0.1, -0.05) is 25.1 Å². The van der Waals surface area contributed by atoms with E-state index >= 15 is 0 Å². The molecule has 38 heavy (non-hydrogen) atoms. The fourth-order valence-corrected chi connectivity index (χ4v) is 7.76. The van der Waals surface area contributed by atoms with Crippen molar-refractivity contribution in [2.45, 2.75) is 108 Å². The third-order valence-corrected chi connectivity index (χ3v) is 10.2. The lowest BCUT2D eigenvalue weighted by Crippen LogP contribution is -2.47. The maximum absolute atomic E-state index is 14.0. The van der Waals surface area contributed by atoms with Crippen LogP contribution < -0.4 is 9.64 Å². The van der Waals surface area contributed by atoms with Gasteiger partial charge in [0.1, 0.15) is 10.6 Å². The summed E-state index contributed by atoms with van der Waals surface area (Å²) in [6.45, 7) is 2.24. The molecule has 3 fully saturated rings. The van der Waals surface area contributed by atoms with Gasteiger partial charge >= 0.3 is 5.97 Å². The van der Waals surface area contributed by atoms with Gasteiger partial charge in [-0.15, -0.1) is 11.3 Å². The highest BCUT2D eigenvalue weighted by atomic mass is 32.1. The number of hydrogen-bond donors (Lipinski definition) is 2. The van der Waals surface area contributed by atoms with Crippen molar-refractivity contribution in [2.75, 3.05) is 4.90 Å². The monoisotopic (exact) mass is 539 g/mol. The molecule has 2 aromatic rings. The molecule has 3 aliphatic carbocycles. The number of para-hydroxylation sites is 1. The van der Waals surface area contributed by atoms with E-state index < -0.39 is 5.97 Å². The van der Waals surface area contributed by atoms with Crippen molar-refractivity contribution in [1.82, 2.24) is 0 Å². The van der Waals surface area contributed by atoms with E-state index in [9.17, 15) is 19.8 Å². The first-order valence-electron chi connectivity index (χ1n) is 14.5. The van der Waals surface area contributed by atoms with Crippen LogP contribution in [0.5, 0.6) is 5.75 Å². The van der Waals surface area contributed by atoms with Crippen molar-refractivity contribution >= 4 is 28.9 Å². The third kappa shape index (κ3) is 6.26. The number of carbonyl (C=O) groups is 2. The number of anilines is 1. The number of aliphatic hydroxyl groups excluding tert-OH is 1. The van der Waals surface area contributed by atoms with Crippen LogP contribution in [0.25, 0.3) is 0 Å². The summed E-state index contributed by atoms with van der Waals surface area (Å²) < 4.78 is 6.17. The number of ether oxygens (including phenoxy) is 1. The number of nitrogens with zero attached hydrogens (tertiary/aromatic N) is 1. The molecule has 1 aromatic carbocycles. The molecular formula is C31H41NO5S. The molecule has 206 valence electrons. The van der Waals surface area contributed by atoms with Crippen LogP contribution in [0.4, 0.5) is 5.69 Å². The maximum Gasteiger partial charge on any atom is 0.348 e. The predicted octanol–water partition coefficient (Wildman–Crippen LogP) is 7.01. The first kappa shape index (κ1) is 27.2. The van der Waals surface area contributed by atoms with Crippen LogP contribution in [-0.4, -0.2) is 40.3 Å². The summed E-state index contributed by atoms with van der Waals surface area (Å²) in [4.78, 5) is 29.7. The van der Waals surface area contributed by atoms with Crippen molar-refractivity contribution in [2.24, 2.45) is 11.8 Å². The van der Waals surface area contributed by atoms with E-state index in [-0.39, 0.29) is 40.9 Å². The van der Waals surface area contributed by atoms with Crippen molar-refractivity contribution in [3.63, 3.8) is 0 Å². The predicted molar refractivity (Wildman–Crippen MR) is 150 cm³/mol. The maximum atomic E-state index is 14.0. The minimum atomic E-state index is -0.955. The van der Waals surface area contributed by atoms with E-state index in [1.165, 1.54) is 11.3 Å². The number of aliphatic hydroxyl groups is 1. The highest BCUT2D eigenvalue weighted by Crippen LogP contribution is 2.44. The van der Waals surface area contributed by atoms with E-state index in [4.69, 9.17) is 4.74 Å². The van der Waals surface area contributed by atoms with Gasteiger partial charge in [0, 0.05) is 16.8 Å². The van der Waals surface area contributed by atoms with Crippen LogP contribution in [0.2, 0.25) is 0 Å². The molecule has 3 saturated carbocycles. The standard InChI is InChI=1S/C31H41NO5S/c1-20-7-9-22(10-8-20)30(34)32(23-13-15-24(33)16-14-23)27-19-28(38-29(27)31(35)36)21-11-17-26(18-12-21)37-25-5-3-2-4-6-25/h2-6,19-24,26,33H,7-18H2,1H3,(H,35,36)/t20-,21?,22-,23-,24-,26?. The number of carboxylic acid groups (broad SMARTS) is 1. The summed E-state index contributed by atoms with van der Waals surface area (Å²) in [7, 11) is 0. The van der Waals surface area contributed by atoms with Crippen LogP contribution >= 0.6 is 11.3 Å². The molecule has 0 saturated heterocycles. The molecule has 6 nitrogen and oxygen atoms in total. The molecule has 0 aliphatic heterocycles. The summed E-state index contributed by atoms with van der Waals surface area (Å²) in [6, 6.07) is 11.9. The lowest BCUT2D eigenvalue weighted by Gasteiger charge is -2.38. The van der Waals surface area contributed by atoms with E-state index in [2.05, 4.69) is 6.92 Å². The second-order valence-electron chi connectivity index (χ2n) is 11.7.